The van der Waals surface area contributed by atoms with Crippen LogP contribution < -0.4 is 5.73 Å². The van der Waals surface area contributed by atoms with E-state index in [0.717, 1.165) is 40.9 Å². The molecule has 0 amide bonds. The van der Waals surface area contributed by atoms with E-state index in [1.807, 2.05) is 35.3 Å². The number of aliphatic imine (C=N–C) groups is 1. The standard InChI is InChI=1S/C16H18N4O/c1-2-5-20-10-12(8-19-20)11-3-4-13-14(6-11)15(7-17)18-9-16(13)21/h3-4,6,8,10H,2,5,7,9,17H2,1H3. The first-order chi connectivity index (χ1) is 10.2. The van der Waals surface area contributed by atoms with Gasteiger partial charge in [-0.2, -0.15) is 5.10 Å². The Labute approximate surface area is 123 Å². The maximum absolute atomic E-state index is 11.9. The lowest BCUT2D eigenvalue weighted by molar-refractivity contribution is 0.1000. The third-order valence-electron chi connectivity index (χ3n) is 3.66. The summed E-state index contributed by atoms with van der Waals surface area (Å²) in [5.41, 5.74) is 10.2. The van der Waals surface area contributed by atoms with E-state index < -0.39 is 0 Å². The Morgan fingerprint density at radius 3 is 2.90 bits per heavy atom. The van der Waals surface area contributed by atoms with Crippen LogP contribution in [0, 0.1) is 0 Å². The second-order valence-electron chi connectivity index (χ2n) is 5.14. The Morgan fingerprint density at radius 1 is 1.29 bits per heavy atom. The number of rotatable bonds is 4. The van der Waals surface area contributed by atoms with E-state index in [2.05, 4.69) is 17.0 Å². The molecule has 0 bridgehead atoms. The number of benzene rings is 1. The molecular formula is C16H18N4O. The second kappa shape index (κ2) is 5.61. The van der Waals surface area contributed by atoms with Crippen molar-refractivity contribution < 1.29 is 4.79 Å². The first-order valence-electron chi connectivity index (χ1n) is 7.16. The van der Waals surface area contributed by atoms with Gasteiger partial charge in [0.25, 0.3) is 0 Å². The number of ketones is 1. The summed E-state index contributed by atoms with van der Waals surface area (Å²) in [5.74, 6) is 0.0513. The van der Waals surface area contributed by atoms with Gasteiger partial charge in [-0.3, -0.25) is 14.5 Å². The zero-order chi connectivity index (χ0) is 14.8. The smallest absolute Gasteiger partial charge is 0.184 e. The van der Waals surface area contributed by atoms with Gasteiger partial charge in [-0.15, -0.1) is 0 Å². The Bertz CT molecular complexity index is 715. The molecule has 3 rings (SSSR count). The third-order valence-corrected chi connectivity index (χ3v) is 3.66. The number of hydrogen-bond acceptors (Lipinski definition) is 4. The van der Waals surface area contributed by atoms with Gasteiger partial charge >= 0.3 is 0 Å². The Hall–Kier alpha value is -2.27. The number of nitrogens with two attached hydrogens (primary N) is 1. The average Bonchev–Trinajstić information content (AvgIpc) is 2.96. The van der Waals surface area contributed by atoms with Crippen LogP contribution in [-0.2, 0) is 6.54 Å². The van der Waals surface area contributed by atoms with Crippen molar-refractivity contribution in [3.05, 3.63) is 41.7 Å². The highest BCUT2D eigenvalue weighted by molar-refractivity contribution is 6.16. The maximum Gasteiger partial charge on any atom is 0.184 e. The highest BCUT2D eigenvalue weighted by Gasteiger charge is 2.20. The van der Waals surface area contributed by atoms with Gasteiger partial charge in [0.1, 0.15) is 6.54 Å². The van der Waals surface area contributed by atoms with E-state index in [1.54, 1.807) is 0 Å². The molecule has 0 aliphatic carbocycles. The average molecular weight is 282 g/mol. The van der Waals surface area contributed by atoms with Crippen LogP contribution in [0.5, 0.6) is 0 Å². The third kappa shape index (κ3) is 2.52. The minimum Gasteiger partial charge on any atom is -0.325 e. The Balaban J connectivity index is 2.02. The molecule has 5 nitrogen and oxygen atoms in total. The minimum atomic E-state index is 0.0513. The zero-order valence-electron chi connectivity index (χ0n) is 12.0. The number of aromatic nitrogens is 2. The topological polar surface area (TPSA) is 73.3 Å². The number of Topliss-reactive ketones (excluding diaryl/α,β-unsaturated/α-hetero) is 1. The molecule has 1 aromatic heterocycles. The number of nitrogens with zero attached hydrogens (tertiary/aromatic N) is 3. The van der Waals surface area contributed by atoms with Gasteiger partial charge < -0.3 is 5.73 Å². The van der Waals surface area contributed by atoms with Crippen LogP contribution in [-0.4, -0.2) is 34.4 Å². The second-order valence-corrected chi connectivity index (χ2v) is 5.14. The van der Waals surface area contributed by atoms with E-state index in [4.69, 9.17) is 5.73 Å². The normalized spacial score (nSPS) is 14.0. The first kappa shape index (κ1) is 13.7. The van der Waals surface area contributed by atoms with Crippen LogP contribution in [0.4, 0.5) is 0 Å². The number of carbonyl (C=O) groups excluding carboxylic acids is 1. The molecule has 0 spiro atoms. The van der Waals surface area contributed by atoms with Crippen molar-refractivity contribution in [3.63, 3.8) is 0 Å². The number of fused-ring (bicyclic) bond motifs is 1. The molecule has 0 fully saturated rings. The quantitative estimate of drug-likeness (QED) is 0.930. The van der Waals surface area contributed by atoms with Crippen LogP contribution in [0.1, 0.15) is 29.3 Å². The molecule has 0 atom stereocenters. The fourth-order valence-corrected chi connectivity index (χ4v) is 2.58. The highest BCUT2D eigenvalue weighted by Crippen LogP contribution is 2.25. The predicted molar refractivity (Wildman–Crippen MR) is 82.7 cm³/mol. The zero-order valence-corrected chi connectivity index (χ0v) is 12.0. The highest BCUT2D eigenvalue weighted by atomic mass is 16.1. The molecule has 1 aliphatic rings. The predicted octanol–water partition coefficient (Wildman–Crippen LogP) is 1.90. The molecule has 0 radical (unpaired) electrons. The molecule has 1 aliphatic heterocycles. The van der Waals surface area contributed by atoms with Crippen molar-refractivity contribution in [1.82, 2.24) is 9.78 Å². The van der Waals surface area contributed by atoms with Gasteiger partial charge in [-0.25, -0.2) is 0 Å². The van der Waals surface area contributed by atoms with Crippen molar-refractivity contribution in [2.45, 2.75) is 19.9 Å². The van der Waals surface area contributed by atoms with Crippen molar-refractivity contribution in [2.24, 2.45) is 10.7 Å². The maximum atomic E-state index is 11.9. The van der Waals surface area contributed by atoms with Gasteiger partial charge in [0, 0.05) is 36.0 Å². The van der Waals surface area contributed by atoms with Gasteiger partial charge in [-0.1, -0.05) is 19.1 Å². The Morgan fingerprint density at radius 2 is 2.14 bits per heavy atom. The Kier molecular flexibility index (Phi) is 3.66. The first-order valence-corrected chi connectivity index (χ1v) is 7.16. The summed E-state index contributed by atoms with van der Waals surface area (Å²) in [4.78, 5) is 16.2. The minimum absolute atomic E-state index is 0.0513. The molecule has 2 heterocycles. The van der Waals surface area contributed by atoms with E-state index in [-0.39, 0.29) is 12.3 Å². The lowest BCUT2D eigenvalue weighted by Crippen LogP contribution is -2.24. The monoisotopic (exact) mass is 282 g/mol. The van der Waals surface area contributed by atoms with E-state index in [1.165, 1.54) is 0 Å². The molecule has 5 heteroatoms. The van der Waals surface area contributed by atoms with E-state index in [9.17, 15) is 4.79 Å². The van der Waals surface area contributed by atoms with Gasteiger partial charge in [0.05, 0.1) is 11.9 Å². The van der Waals surface area contributed by atoms with Crippen molar-refractivity contribution >= 4 is 11.5 Å². The largest absolute Gasteiger partial charge is 0.325 e. The summed E-state index contributed by atoms with van der Waals surface area (Å²) in [6.45, 7) is 3.57. The van der Waals surface area contributed by atoms with Gasteiger partial charge in [0.2, 0.25) is 0 Å². The van der Waals surface area contributed by atoms with Crippen molar-refractivity contribution in [2.75, 3.05) is 13.1 Å². The lowest BCUT2D eigenvalue weighted by atomic mass is 9.93. The summed E-state index contributed by atoms with van der Waals surface area (Å²) >= 11 is 0. The summed E-state index contributed by atoms with van der Waals surface area (Å²) < 4.78 is 1.93. The summed E-state index contributed by atoms with van der Waals surface area (Å²) in [7, 11) is 0. The molecule has 108 valence electrons. The number of carbonyl (C=O) groups is 1. The molecule has 1 aromatic carbocycles. The van der Waals surface area contributed by atoms with Crippen LogP contribution >= 0.6 is 0 Å². The van der Waals surface area contributed by atoms with Crippen LogP contribution in [0.25, 0.3) is 11.1 Å². The molecule has 0 saturated carbocycles. The fraction of sp³-hybridized carbons (Fsp3) is 0.312. The SMILES string of the molecule is CCCn1cc(-c2ccc3c(c2)C(CN)=NCC3=O)cn1. The number of hydrogen-bond donors (Lipinski definition) is 1. The van der Waals surface area contributed by atoms with Crippen LogP contribution in [0.3, 0.4) is 0 Å². The molecule has 0 saturated heterocycles. The molecule has 2 aromatic rings. The summed E-state index contributed by atoms with van der Waals surface area (Å²) in [6.07, 6.45) is 4.92. The molecule has 0 unspecified atom stereocenters. The number of aryl methyl sites for hydroxylation is 1. The summed E-state index contributed by atoms with van der Waals surface area (Å²) in [6, 6.07) is 5.82. The van der Waals surface area contributed by atoms with Gasteiger partial charge in [0.15, 0.2) is 5.78 Å². The fourth-order valence-electron chi connectivity index (χ4n) is 2.58. The van der Waals surface area contributed by atoms with Crippen molar-refractivity contribution in [3.8, 4) is 11.1 Å². The molecular weight excluding hydrogens is 264 g/mol. The lowest BCUT2D eigenvalue weighted by Gasteiger charge is -2.15. The van der Waals surface area contributed by atoms with Crippen molar-refractivity contribution in [1.29, 1.82) is 0 Å². The summed E-state index contributed by atoms with van der Waals surface area (Å²) in [5, 5.41) is 4.34. The van der Waals surface area contributed by atoms with Crippen LogP contribution in [0.2, 0.25) is 0 Å². The molecule has 21 heavy (non-hydrogen) atoms. The van der Waals surface area contributed by atoms with Gasteiger partial charge in [-0.05, 0) is 18.1 Å². The molecule has 2 N–H and O–H groups in total. The van der Waals surface area contributed by atoms with Crippen LogP contribution in [0.15, 0.2) is 35.6 Å². The van der Waals surface area contributed by atoms with E-state index >= 15 is 0 Å². The van der Waals surface area contributed by atoms with E-state index in [0.29, 0.717) is 6.54 Å².